The van der Waals surface area contributed by atoms with Crippen LogP contribution in [0.15, 0.2) is 51.7 Å². The van der Waals surface area contributed by atoms with Crippen LogP contribution in [-0.2, 0) is 11.3 Å². The molecule has 2 aromatic heterocycles. The van der Waals surface area contributed by atoms with E-state index in [9.17, 15) is 4.79 Å². The molecule has 6 nitrogen and oxygen atoms in total. The molecule has 26 heavy (non-hydrogen) atoms. The molecule has 1 aromatic carbocycles. The van der Waals surface area contributed by atoms with Crippen LogP contribution in [0.5, 0.6) is 0 Å². The molecule has 0 aliphatic carbocycles. The maximum absolute atomic E-state index is 12.9. The van der Waals surface area contributed by atoms with Crippen molar-refractivity contribution in [3.05, 3.63) is 57.0 Å². The molecule has 7 heteroatoms. The van der Waals surface area contributed by atoms with Crippen LogP contribution in [0.2, 0.25) is 0 Å². The van der Waals surface area contributed by atoms with Gasteiger partial charge in [-0.15, -0.1) is 11.3 Å². The molecule has 3 rings (SSSR count). The van der Waals surface area contributed by atoms with E-state index < -0.39 is 0 Å². The first-order chi connectivity index (χ1) is 12.6. The van der Waals surface area contributed by atoms with Crippen LogP contribution in [0.4, 0.5) is 5.95 Å². The van der Waals surface area contributed by atoms with E-state index in [2.05, 4.69) is 15.5 Å². The Morgan fingerprint density at radius 2 is 2.15 bits per heavy atom. The average Bonchev–Trinajstić information content (AvgIpc) is 3.14. The lowest BCUT2D eigenvalue weighted by Gasteiger charge is -2.13. The lowest BCUT2D eigenvalue weighted by Crippen LogP contribution is -2.25. The van der Waals surface area contributed by atoms with Crippen LogP contribution in [0.3, 0.4) is 0 Å². The molecule has 3 aromatic rings. The number of hydrazone groups is 1. The van der Waals surface area contributed by atoms with E-state index in [1.165, 1.54) is 0 Å². The smallest absolute Gasteiger partial charge is 0.262 e. The molecular formula is C19H22N4O2S. The van der Waals surface area contributed by atoms with Gasteiger partial charge in [-0.1, -0.05) is 18.2 Å². The topological polar surface area (TPSA) is 68.5 Å². The van der Waals surface area contributed by atoms with Crippen LogP contribution in [-0.4, -0.2) is 28.5 Å². The summed E-state index contributed by atoms with van der Waals surface area (Å²) >= 11 is 1.59. The molecule has 0 aliphatic heterocycles. The minimum atomic E-state index is -0.0750. The molecule has 0 saturated carbocycles. The summed E-state index contributed by atoms with van der Waals surface area (Å²) in [5.74, 6) is 0.436. The van der Waals surface area contributed by atoms with E-state index in [-0.39, 0.29) is 11.7 Å². The zero-order chi connectivity index (χ0) is 18.4. The van der Waals surface area contributed by atoms with Crippen LogP contribution >= 0.6 is 11.3 Å². The van der Waals surface area contributed by atoms with Gasteiger partial charge in [-0.3, -0.25) is 9.36 Å². The van der Waals surface area contributed by atoms with E-state index in [1.54, 1.807) is 28.2 Å². The van der Waals surface area contributed by atoms with Gasteiger partial charge >= 0.3 is 0 Å². The molecule has 0 atom stereocenters. The molecule has 0 bridgehead atoms. The largest absolute Gasteiger partial charge is 0.379 e. The number of fused-ring (bicyclic) bond motifs is 1. The third-order valence-electron chi connectivity index (χ3n) is 3.74. The third-order valence-corrected chi connectivity index (χ3v) is 4.55. The lowest BCUT2D eigenvalue weighted by molar-refractivity contribution is 0.0748. The quantitative estimate of drug-likeness (QED) is 0.373. The van der Waals surface area contributed by atoms with Gasteiger partial charge in [0.15, 0.2) is 0 Å². The van der Waals surface area contributed by atoms with Crippen molar-refractivity contribution in [2.24, 2.45) is 5.10 Å². The van der Waals surface area contributed by atoms with Gasteiger partial charge in [-0.05, 0) is 43.8 Å². The van der Waals surface area contributed by atoms with Crippen molar-refractivity contribution in [1.82, 2.24) is 9.55 Å². The van der Waals surface area contributed by atoms with Crippen molar-refractivity contribution < 1.29 is 4.74 Å². The Kier molecular flexibility index (Phi) is 6.14. The second-order valence-corrected chi connectivity index (χ2v) is 7.05. The van der Waals surface area contributed by atoms with Gasteiger partial charge in [-0.25, -0.2) is 10.4 Å². The Bertz CT molecular complexity index is 932. The summed E-state index contributed by atoms with van der Waals surface area (Å²) in [7, 11) is 0. The Morgan fingerprint density at radius 1 is 1.31 bits per heavy atom. The van der Waals surface area contributed by atoms with Crippen LogP contribution in [0, 0.1) is 0 Å². The van der Waals surface area contributed by atoms with Gasteiger partial charge in [0.2, 0.25) is 5.95 Å². The third kappa shape index (κ3) is 4.56. The van der Waals surface area contributed by atoms with E-state index in [0.717, 1.165) is 11.3 Å². The number of thiophene rings is 1. The monoisotopic (exact) mass is 370 g/mol. The van der Waals surface area contributed by atoms with Gasteiger partial charge in [0.1, 0.15) is 0 Å². The molecule has 0 fully saturated rings. The number of nitrogens with one attached hydrogen (secondary N) is 1. The number of ether oxygens (including phenoxy) is 1. The molecule has 0 spiro atoms. The Labute approximate surface area is 156 Å². The summed E-state index contributed by atoms with van der Waals surface area (Å²) < 4.78 is 7.20. The Hall–Kier alpha value is -2.51. The van der Waals surface area contributed by atoms with E-state index in [4.69, 9.17) is 4.74 Å². The highest BCUT2D eigenvalue weighted by Crippen LogP contribution is 2.12. The summed E-state index contributed by atoms with van der Waals surface area (Å²) in [6.45, 7) is 5.10. The number of rotatable bonds is 8. The highest BCUT2D eigenvalue weighted by molar-refractivity contribution is 7.11. The van der Waals surface area contributed by atoms with Crippen molar-refractivity contribution in [2.45, 2.75) is 32.9 Å². The number of anilines is 1. The normalized spacial score (nSPS) is 11.7. The second-order valence-electron chi connectivity index (χ2n) is 6.07. The predicted molar refractivity (Wildman–Crippen MR) is 107 cm³/mol. The summed E-state index contributed by atoms with van der Waals surface area (Å²) in [5.41, 5.74) is 3.50. The van der Waals surface area contributed by atoms with Crippen molar-refractivity contribution >= 4 is 34.4 Å². The maximum atomic E-state index is 12.9. The van der Waals surface area contributed by atoms with E-state index in [0.29, 0.717) is 30.0 Å². The molecule has 0 amide bonds. The Morgan fingerprint density at radius 3 is 2.92 bits per heavy atom. The summed E-state index contributed by atoms with van der Waals surface area (Å²) in [5, 5.41) is 6.82. The maximum Gasteiger partial charge on any atom is 0.262 e. The number of hydrogen-bond donors (Lipinski definition) is 1. The fraction of sp³-hybridized carbons (Fsp3) is 0.316. The molecule has 1 N–H and O–H groups in total. The number of para-hydroxylation sites is 1. The van der Waals surface area contributed by atoms with Crippen molar-refractivity contribution in [3.63, 3.8) is 0 Å². The fourth-order valence-electron chi connectivity index (χ4n) is 2.52. The Balaban J connectivity index is 1.85. The molecule has 0 aliphatic rings. The SMILES string of the molecule is CC(C)OCCCn1c(N/N=C\c2cccs2)nc2ccccc2c1=O. The first kappa shape index (κ1) is 18.3. The predicted octanol–water partition coefficient (Wildman–Crippen LogP) is 3.72. The molecule has 2 heterocycles. The van der Waals surface area contributed by atoms with Crippen molar-refractivity contribution in [1.29, 1.82) is 0 Å². The zero-order valence-corrected chi connectivity index (χ0v) is 15.7. The summed E-state index contributed by atoms with van der Waals surface area (Å²) in [6, 6.07) is 11.3. The fourth-order valence-corrected chi connectivity index (χ4v) is 3.11. The number of benzene rings is 1. The molecule has 136 valence electrons. The number of aromatic nitrogens is 2. The van der Waals surface area contributed by atoms with Gasteiger partial charge in [0, 0.05) is 18.0 Å². The van der Waals surface area contributed by atoms with E-state index in [1.807, 2.05) is 49.6 Å². The minimum absolute atomic E-state index is 0.0750. The molecule has 0 saturated heterocycles. The minimum Gasteiger partial charge on any atom is -0.379 e. The van der Waals surface area contributed by atoms with Crippen LogP contribution < -0.4 is 11.0 Å². The second kappa shape index (κ2) is 8.73. The van der Waals surface area contributed by atoms with E-state index >= 15 is 0 Å². The van der Waals surface area contributed by atoms with Crippen LogP contribution in [0.25, 0.3) is 10.9 Å². The molecule has 0 radical (unpaired) electrons. The van der Waals surface area contributed by atoms with Gasteiger partial charge < -0.3 is 4.74 Å². The lowest BCUT2D eigenvalue weighted by atomic mass is 10.2. The molecule has 0 unspecified atom stereocenters. The number of nitrogens with zero attached hydrogens (tertiary/aromatic N) is 3. The van der Waals surface area contributed by atoms with Crippen molar-refractivity contribution in [2.75, 3.05) is 12.0 Å². The molecular weight excluding hydrogens is 348 g/mol. The average molecular weight is 370 g/mol. The van der Waals surface area contributed by atoms with Gasteiger partial charge in [0.25, 0.3) is 5.56 Å². The summed E-state index contributed by atoms with van der Waals surface area (Å²) in [6.07, 6.45) is 2.62. The van der Waals surface area contributed by atoms with Gasteiger partial charge in [-0.2, -0.15) is 5.10 Å². The first-order valence-corrected chi connectivity index (χ1v) is 9.47. The summed E-state index contributed by atoms with van der Waals surface area (Å²) in [4.78, 5) is 18.5. The number of hydrogen-bond acceptors (Lipinski definition) is 6. The highest BCUT2D eigenvalue weighted by atomic mass is 32.1. The zero-order valence-electron chi connectivity index (χ0n) is 14.9. The highest BCUT2D eigenvalue weighted by Gasteiger charge is 2.10. The standard InChI is InChI=1S/C19H22N4O2S/c1-14(2)25-11-6-10-23-18(24)16-8-3-4-9-17(16)21-19(23)22-20-13-15-7-5-12-26-15/h3-5,7-9,12-14H,6,10-11H2,1-2H3,(H,21,22)/b20-13-. The first-order valence-electron chi connectivity index (χ1n) is 8.59. The van der Waals surface area contributed by atoms with Crippen molar-refractivity contribution in [3.8, 4) is 0 Å². The van der Waals surface area contributed by atoms with Gasteiger partial charge in [0.05, 0.1) is 23.2 Å². The van der Waals surface area contributed by atoms with Crippen LogP contribution in [0.1, 0.15) is 25.1 Å².